The molecule has 1 N–H and O–H groups in total. The molecule has 1 heteroatoms. The first kappa shape index (κ1) is 9.09. The van der Waals surface area contributed by atoms with Crippen LogP contribution in [0.2, 0.25) is 0 Å². The first-order valence-corrected chi connectivity index (χ1v) is 6.74. The molecule has 2 fully saturated rings. The summed E-state index contributed by atoms with van der Waals surface area (Å²) in [6.45, 7) is 1.19. The van der Waals surface area contributed by atoms with Crippen LogP contribution in [0.25, 0.3) is 0 Å². The topological polar surface area (TPSA) is 12.0 Å². The molecular formula is C15H19N. The quantitative estimate of drug-likeness (QED) is 0.751. The molecule has 4 unspecified atom stereocenters. The zero-order valence-electron chi connectivity index (χ0n) is 9.65. The van der Waals surface area contributed by atoms with Crippen molar-refractivity contribution in [2.24, 2.45) is 17.8 Å². The third kappa shape index (κ3) is 1.17. The molecule has 1 aliphatic heterocycles. The van der Waals surface area contributed by atoms with Crippen LogP contribution < -0.4 is 5.32 Å². The van der Waals surface area contributed by atoms with Crippen molar-refractivity contribution in [2.75, 3.05) is 11.9 Å². The molecule has 1 aromatic rings. The molecule has 0 aromatic heterocycles. The number of fused-ring (bicyclic) bond motifs is 3. The number of rotatable bonds is 1. The summed E-state index contributed by atoms with van der Waals surface area (Å²) in [5.41, 5.74) is 3.00. The van der Waals surface area contributed by atoms with Gasteiger partial charge in [-0.3, -0.25) is 0 Å². The predicted octanol–water partition coefficient (Wildman–Crippen LogP) is 3.63. The first-order chi connectivity index (χ1) is 7.92. The van der Waals surface area contributed by atoms with Crippen LogP contribution in [0.3, 0.4) is 0 Å². The number of hydrogen-bond acceptors (Lipinski definition) is 1. The van der Waals surface area contributed by atoms with Crippen molar-refractivity contribution in [3.63, 3.8) is 0 Å². The number of nitrogens with one attached hydrogen (secondary N) is 1. The van der Waals surface area contributed by atoms with Gasteiger partial charge in [0.1, 0.15) is 0 Å². The standard InChI is InChI=1S/C15H19N/c1-2-4-15-12(3-1)14(9-16-15)13-8-10-5-6-11(13)7-10/h1-4,10-11,13-14,16H,5-9H2. The normalized spacial score (nSPS) is 39.8. The summed E-state index contributed by atoms with van der Waals surface area (Å²) < 4.78 is 0. The van der Waals surface area contributed by atoms with Crippen LogP contribution in [0.4, 0.5) is 5.69 Å². The van der Waals surface area contributed by atoms with Gasteiger partial charge in [0.05, 0.1) is 0 Å². The molecule has 0 saturated heterocycles. The molecule has 1 nitrogen and oxygen atoms in total. The molecule has 2 aliphatic carbocycles. The molecule has 3 aliphatic rings. The summed E-state index contributed by atoms with van der Waals surface area (Å²) in [6.07, 6.45) is 6.06. The summed E-state index contributed by atoms with van der Waals surface area (Å²) in [5, 5.41) is 3.59. The molecule has 4 atom stereocenters. The maximum Gasteiger partial charge on any atom is 0.0376 e. The fourth-order valence-electron chi connectivity index (χ4n) is 4.48. The summed E-state index contributed by atoms with van der Waals surface area (Å²) in [6, 6.07) is 8.93. The Kier molecular flexibility index (Phi) is 1.85. The maximum atomic E-state index is 3.59. The molecule has 1 aromatic carbocycles. The van der Waals surface area contributed by atoms with Crippen LogP contribution in [0, 0.1) is 17.8 Å². The number of para-hydroxylation sites is 1. The first-order valence-electron chi connectivity index (χ1n) is 6.74. The van der Waals surface area contributed by atoms with Crippen molar-refractivity contribution in [1.29, 1.82) is 0 Å². The highest BCUT2D eigenvalue weighted by atomic mass is 14.9. The van der Waals surface area contributed by atoms with E-state index in [1.807, 2.05) is 0 Å². The van der Waals surface area contributed by atoms with Gasteiger partial charge in [0.25, 0.3) is 0 Å². The van der Waals surface area contributed by atoms with Gasteiger partial charge in [-0.2, -0.15) is 0 Å². The summed E-state index contributed by atoms with van der Waals surface area (Å²) in [7, 11) is 0. The number of benzene rings is 1. The molecule has 1 heterocycles. The van der Waals surface area contributed by atoms with E-state index in [1.165, 1.54) is 37.9 Å². The van der Waals surface area contributed by atoms with Gasteiger partial charge in [-0.25, -0.2) is 0 Å². The van der Waals surface area contributed by atoms with Gasteiger partial charge < -0.3 is 5.32 Å². The molecule has 0 radical (unpaired) electrons. The zero-order valence-corrected chi connectivity index (χ0v) is 9.65. The highest BCUT2D eigenvalue weighted by Gasteiger charge is 2.44. The van der Waals surface area contributed by atoms with Gasteiger partial charge in [0, 0.05) is 18.2 Å². The van der Waals surface area contributed by atoms with Crippen LogP contribution in [0.5, 0.6) is 0 Å². The van der Waals surface area contributed by atoms with Crippen LogP contribution in [-0.2, 0) is 0 Å². The molecule has 84 valence electrons. The fourth-order valence-corrected chi connectivity index (χ4v) is 4.48. The maximum absolute atomic E-state index is 3.59. The Morgan fingerprint density at radius 2 is 2.00 bits per heavy atom. The SMILES string of the molecule is c1ccc2c(c1)NCC2C1CC2CCC1C2. The Balaban J connectivity index is 1.66. The van der Waals surface area contributed by atoms with Gasteiger partial charge in [-0.15, -0.1) is 0 Å². The summed E-state index contributed by atoms with van der Waals surface area (Å²) in [4.78, 5) is 0. The molecule has 0 amide bonds. The van der Waals surface area contributed by atoms with E-state index in [-0.39, 0.29) is 0 Å². The highest BCUT2D eigenvalue weighted by Crippen LogP contribution is 2.54. The predicted molar refractivity (Wildman–Crippen MR) is 66.6 cm³/mol. The molecular weight excluding hydrogens is 194 g/mol. The van der Waals surface area contributed by atoms with E-state index in [0.29, 0.717) is 0 Å². The lowest BCUT2D eigenvalue weighted by atomic mass is 9.77. The van der Waals surface area contributed by atoms with E-state index in [1.54, 1.807) is 5.56 Å². The van der Waals surface area contributed by atoms with Crippen LogP contribution in [-0.4, -0.2) is 6.54 Å². The third-order valence-corrected chi connectivity index (χ3v) is 5.18. The second-order valence-electron chi connectivity index (χ2n) is 5.91. The molecule has 2 bridgehead atoms. The smallest absolute Gasteiger partial charge is 0.0376 e. The molecule has 4 rings (SSSR count). The Hall–Kier alpha value is -0.980. The van der Waals surface area contributed by atoms with E-state index in [4.69, 9.17) is 0 Å². The van der Waals surface area contributed by atoms with Crippen molar-refractivity contribution in [3.05, 3.63) is 29.8 Å². The minimum absolute atomic E-state index is 0.812. The van der Waals surface area contributed by atoms with Gasteiger partial charge in [0.2, 0.25) is 0 Å². The van der Waals surface area contributed by atoms with Crippen LogP contribution in [0.15, 0.2) is 24.3 Å². The Morgan fingerprint density at radius 1 is 1.06 bits per heavy atom. The van der Waals surface area contributed by atoms with Gasteiger partial charge in [-0.05, 0) is 48.6 Å². The number of anilines is 1. The Morgan fingerprint density at radius 3 is 2.81 bits per heavy atom. The average Bonchev–Trinajstić information content (AvgIpc) is 3.03. The van der Waals surface area contributed by atoms with E-state index in [9.17, 15) is 0 Å². The van der Waals surface area contributed by atoms with Crippen LogP contribution in [0.1, 0.15) is 37.2 Å². The summed E-state index contributed by atoms with van der Waals surface area (Å²) in [5.74, 6) is 3.91. The second kappa shape index (κ2) is 3.26. The van der Waals surface area contributed by atoms with Gasteiger partial charge >= 0.3 is 0 Å². The van der Waals surface area contributed by atoms with E-state index in [2.05, 4.69) is 29.6 Å². The van der Waals surface area contributed by atoms with Crippen molar-refractivity contribution >= 4 is 5.69 Å². The molecule has 0 spiro atoms. The molecule has 2 saturated carbocycles. The summed E-state index contributed by atoms with van der Waals surface area (Å²) >= 11 is 0. The van der Waals surface area contributed by atoms with Crippen LogP contribution >= 0.6 is 0 Å². The lowest BCUT2D eigenvalue weighted by molar-refractivity contribution is 0.292. The lowest BCUT2D eigenvalue weighted by Gasteiger charge is -2.27. The largest absolute Gasteiger partial charge is 0.384 e. The van der Waals surface area contributed by atoms with E-state index < -0.39 is 0 Å². The monoisotopic (exact) mass is 213 g/mol. The molecule has 16 heavy (non-hydrogen) atoms. The number of hydrogen-bond donors (Lipinski definition) is 1. The Bertz CT molecular complexity index is 412. The van der Waals surface area contributed by atoms with Crippen molar-refractivity contribution in [2.45, 2.75) is 31.6 Å². The minimum atomic E-state index is 0.812. The second-order valence-corrected chi connectivity index (χ2v) is 5.91. The highest BCUT2D eigenvalue weighted by molar-refractivity contribution is 5.57. The average molecular weight is 213 g/mol. The lowest BCUT2D eigenvalue weighted by Crippen LogP contribution is -2.20. The minimum Gasteiger partial charge on any atom is -0.384 e. The van der Waals surface area contributed by atoms with Crippen molar-refractivity contribution in [3.8, 4) is 0 Å². The van der Waals surface area contributed by atoms with Crippen molar-refractivity contribution in [1.82, 2.24) is 0 Å². The van der Waals surface area contributed by atoms with Gasteiger partial charge in [-0.1, -0.05) is 24.6 Å². The third-order valence-electron chi connectivity index (χ3n) is 5.18. The van der Waals surface area contributed by atoms with Gasteiger partial charge in [0.15, 0.2) is 0 Å². The van der Waals surface area contributed by atoms with E-state index in [0.717, 1.165) is 23.7 Å². The fraction of sp³-hybridized carbons (Fsp3) is 0.600. The zero-order chi connectivity index (χ0) is 10.5. The van der Waals surface area contributed by atoms with Crippen molar-refractivity contribution < 1.29 is 0 Å². The van der Waals surface area contributed by atoms with E-state index >= 15 is 0 Å². The Labute approximate surface area is 97.2 Å².